The molecule has 0 saturated carbocycles. The minimum Gasteiger partial charge on any atom is -0.352 e. The van der Waals surface area contributed by atoms with E-state index >= 15 is 0 Å². The Morgan fingerprint density at radius 1 is 1.06 bits per heavy atom. The predicted octanol–water partition coefficient (Wildman–Crippen LogP) is 4.48. The lowest BCUT2D eigenvalue weighted by molar-refractivity contribution is -0.384. The van der Waals surface area contributed by atoms with Crippen molar-refractivity contribution in [1.29, 1.82) is 0 Å². The predicted molar refractivity (Wildman–Crippen MR) is 114 cm³/mol. The molecule has 0 spiro atoms. The number of carbonyl (C=O) groups is 2. The molecule has 0 heterocycles. The van der Waals surface area contributed by atoms with Crippen LogP contribution in [0.2, 0.25) is 0 Å². The van der Waals surface area contributed by atoms with E-state index in [1.807, 2.05) is 0 Å². The Balaban J connectivity index is 2.26. The van der Waals surface area contributed by atoms with Gasteiger partial charge in [-0.05, 0) is 54.3 Å². The fraction of sp³-hybridized carbons (Fsp3) is 0.273. The Morgan fingerprint density at radius 3 is 2.32 bits per heavy atom. The lowest BCUT2D eigenvalue weighted by Gasteiger charge is -2.12. The molecule has 2 aromatic rings. The molecule has 182 valence electrons. The van der Waals surface area contributed by atoms with Gasteiger partial charge in [0, 0.05) is 30.7 Å². The minimum atomic E-state index is -4.93. The maximum Gasteiger partial charge on any atom is 0.419 e. The van der Waals surface area contributed by atoms with Gasteiger partial charge < -0.3 is 5.32 Å². The third kappa shape index (κ3) is 7.66. The van der Waals surface area contributed by atoms with Crippen molar-refractivity contribution >= 4 is 29.2 Å². The van der Waals surface area contributed by atoms with Gasteiger partial charge in [-0.25, -0.2) is 9.87 Å². The van der Waals surface area contributed by atoms with Crippen LogP contribution >= 0.6 is 0 Å². The van der Waals surface area contributed by atoms with Crippen LogP contribution in [0.4, 0.5) is 23.2 Å². The molecule has 12 heteroatoms. The van der Waals surface area contributed by atoms with Gasteiger partial charge in [-0.2, -0.15) is 13.2 Å². The molecule has 0 unspecified atom stereocenters. The molecule has 34 heavy (non-hydrogen) atoms. The zero-order chi connectivity index (χ0) is 25.3. The molecule has 2 rings (SSSR count). The smallest absolute Gasteiger partial charge is 0.352 e. The monoisotopic (exact) mass is 483 g/mol. The van der Waals surface area contributed by atoms with Gasteiger partial charge in [-0.1, -0.05) is 12.5 Å². The lowest BCUT2D eigenvalue weighted by atomic mass is 10.00. The molecule has 2 amide bonds. The van der Waals surface area contributed by atoms with Gasteiger partial charge in [0.15, 0.2) is 0 Å². The molecule has 0 aliphatic rings. The standard InChI is InChI=1S/C22H21F4N3O5/c23-19-10-5-14(13-18(19)22(24,25)26)12-17(15-6-8-16(9-7-15)29(33)34)21(31)27-11-3-1-2-4-20(30)28-32/h5-10,12-13,32H,1-4,11H2,(H,27,31)(H,28,30). The molecule has 0 aliphatic carbocycles. The topological polar surface area (TPSA) is 122 Å². The third-order valence-corrected chi connectivity index (χ3v) is 4.73. The fourth-order valence-corrected chi connectivity index (χ4v) is 3.00. The zero-order valence-electron chi connectivity index (χ0n) is 17.7. The van der Waals surface area contributed by atoms with Gasteiger partial charge in [-0.15, -0.1) is 0 Å². The number of hydroxylamine groups is 1. The van der Waals surface area contributed by atoms with Crippen molar-refractivity contribution in [3.63, 3.8) is 0 Å². The molecule has 0 bridgehead atoms. The summed E-state index contributed by atoms with van der Waals surface area (Å²) in [6, 6.07) is 7.15. The first-order valence-corrected chi connectivity index (χ1v) is 10.1. The highest BCUT2D eigenvalue weighted by atomic mass is 19.4. The number of non-ortho nitro benzene ring substituents is 1. The Bertz CT molecular complexity index is 1070. The van der Waals surface area contributed by atoms with Gasteiger partial charge >= 0.3 is 6.18 Å². The molecular formula is C22H21F4N3O5. The first-order chi connectivity index (χ1) is 16.0. The normalized spacial score (nSPS) is 11.7. The summed E-state index contributed by atoms with van der Waals surface area (Å²) >= 11 is 0. The number of nitrogens with zero attached hydrogens (tertiary/aromatic N) is 1. The molecule has 0 aliphatic heterocycles. The van der Waals surface area contributed by atoms with Gasteiger partial charge in [0.25, 0.3) is 11.6 Å². The van der Waals surface area contributed by atoms with Crippen LogP contribution in [0, 0.1) is 15.9 Å². The fourth-order valence-electron chi connectivity index (χ4n) is 3.00. The number of benzene rings is 2. The van der Waals surface area contributed by atoms with Crippen molar-refractivity contribution in [2.75, 3.05) is 6.54 Å². The van der Waals surface area contributed by atoms with E-state index < -0.39 is 34.3 Å². The first-order valence-electron chi connectivity index (χ1n) is 10.1. The van der Waals surface area contributed by atoms with E-state index in [-0.39, 0.29) is 35.4 Å². The van der Waals surface area contributed by atoms with E-state index in [1.165, 1.54) is 17.6 Å². The number of hydrogen-bond donors (Lipinski definition) is 3. The Morgan fingerprint density at radius 2 is 1.74 bits per heavy atom. The second-order valence-electron chi connectivity index (χ2n) is 7.20. The molecule has 8 nitrogen and oxygen atoms in total. The number of hydrogen-bond acceptors (Lipinski definition) is 5. The highest BCUT2D eigenvalue weighted by Gasteiger charge is 2.34. The molecule has 0 saturated heterocycles. The number of nitro groups is 1. The van der Waals surface area contributed by atoms with Gasteiger partial charge in [0.2, 0.25) is 5.91 Å². The highest BCUT2D eigenvalue weighted by molar-refractivity contribution is 6.24. The summed E-state index contributed by atoms with van der Waals surface area (Å²) in [5.41, 5.74) is -0.179. The van der Waals surface area contributed by atoms with Gasteiger partial charge in [0.1, 0.15) is 5.82 Å². The van der Waals surface area contributed by atoms with Crippen LogP contribution in [0.25, 0.3) is 11.6 Å². The summed E-state index contributed by atoms with van der Waals surface area (Å²) < 4.78 is 52.8. The summed E-state index contributed by atoms with van der Waals surface area (Å²) in [4.78, 5) is 34.0. The number of nitrogens with one attached hydrogen (secondary N) is 2. The van der Waals surface area contributed by atoms with E-state index in [9.17, 15) is 37.3 Å². The average Bonchev–Trinajstić information content (AvgIpc) is 2.79. The minimum absolute atomic E-state index is 0.0747. The number of rotatable bonds is 10. The average molecular weight is 483 g/mol. The van der Waals surface area contributed by atoms with Crippen LogP contribution in [0.1, 0.15) is 42.4 Å². The van der Waals surface area contributed by atoms with Crippen LogP contribution in [-0.4, -0.2) is 28.5 Å². The largest absolute Gasteiger partial charge is 0.419 e. The quantitative estimate of drug-likeness (QED) is 0.0875. The molecule has 3 N–H and O–H groups in total. The highest BCUT2D eigenvalue weighted by Crippen LogP contribution is 2.33. The summed E-state index contributed by atoms with van der Waals surface area (Å²) in [7, 11) is 0. The zero-order valence-corrected chi connectivity index (χ0v) is 17.7. The van der Waals surface area contributed by atoms with Crippen molar-refractivity contribution in [1.82, 2.24) is 10.8 Å². The maximum absolute atomic E-state index is 13.6. The number of unbranched alkanes of at least 4 members (excludes halogenated alkanes) is 2. The Kier molecular flexibility index (Phi) is 9.25. The lowest BCUT2D eigenvalue weighted by Crippen LogP contribution is -2.25. The first kappa shape index (κ1) is 26.5. The second-order valence-corrected chi connectivity index (χ2v) is 7.20. The van der Waals surface area contributed by atoms with E-state index in [2.05, 4.69) is 5.32 Å². The molecular weight excluding hydrogens is 462 g/mol. The molecule has 0 radical (unpaired) electrons. The van der Waals surface area contributed by atoms with E-state index in [4.69, 9.17) is 5.21 Å². The summed E-state index contributed by atoms with van der Waals surface area (Å²) in [5.74, 6) is -2.65. The summed E-state index contributed by atoms with van der Waals surface area (Å²) in [5, 5.41) is 21.9. The molecule has 0 atom stereocenters. The van der Waals surface area contributed by atoms with Crippen molar-refractivity contribution < 1.29 is 37.3 Å². The van der Waals surface area contributed by atoms with Crippen LogP contribution in [0.3, 0.4) is 0 Å². The van der Waals surface area contributed by atoms with Crippen LogP contribution in [0.15, 0.2) is 42.5 Å². The Hall–Kier alpha value is -3.80. The number of amides is 2. The number of alkyl halides is 3. The number of halogens is 4. The van der Waals surface area contributed by atoms with Gasteiger partial charge in [0.05, 0.1) is 10.5 Å². The summed E-state index contributed by atoms with van der Waals surface area (Å²) in [6.07, 6.45) is -2.20. The maximum atomic E-state index is 13.6. The van der Waals surface area contributed by atoms with E-state index in [0.717, 1.165) is 24.3 Å². The van der Waals surface area contributed by atoms with Gasteiger partial charge in [-0.3, -0.25) is 24.9 Å². The Labute approximate surface area is 191 Å². The number of carbonyl (C=O) groups excluding carboxylic acids is 2. The van der Waals surface area contributed by atoms with Crippen LogP contribution in [0.5, 0.6) is 0 Å². The van der Waals surface area contributed by atoms with Crippen molar-refractivity contribution in [2.45, 2.75) is 31.9 Å². The van der Waals surface area contributed by atoms with Crippen molar-refractivity contribution in [3.05, 3.63) is 75.1 Å². The van der Waals surface area contributed by atoms with Crippen LogP contribution < -0.4 is 10.8 Å². The molecule has 2 aromatic carbocycles. The van der Waals surface area contributed by atoms with E-state index in [1.54, 1.807) is 0 Å². The molecule has 0 aromatic heterocycles. The van der Waals surface area contributed by atoms with Crippen molar-refractivity contribution in [3.8, 4) is 0 Å². The summed E-state index contributed by atoms with van der Waals surface area (Å²) in [6.45, 7) is 0.182. The van der Waals surface area contributed by atoms with Crippen LogP contribution in [-0.2, 0) is 15.8 Å². The van der Waals surface area contributed by atoms with E-state index in [0.29, 0.717) is 31.4 Å². The second kappa shape index (κ2) is 11.9. The third-order valence-electron chi connectivity index (χ3n) is 4.73. The SMILES string of the molecule is O=C(CCCCCNC(=O)C(=Cc1ccc(F)c(C(F)(F)F)c1)c1ccc([N+](=O)[O-])cc1)NO. The molecule has 0 fully saturated rings. The number of nitro benzene ring substituents is 1. The van der Waals surface area contributed by atoms with Crippen molar-refractivity contribution in [2.24, 2.45) is 0 Å².